The van der Waals surface area contributed by atoms with Crippen LogP contribution in [0.5, 0.6) is 0 Å². The number of carbonyl (C=O) groups excluding carboxylic acids is 1. The highest BCUT2D eigenvalue weighted by Gasteiger charge is 2.15. The lowest BCUT2D eigenvalue weighted by Gasteiger charge is -2.16. The largest absolute Gasteiger partial charge is 0.345 e. The van der Waals surface area contributed by atoms with E-state index in [-0.39, 0.29) is 17.8 Å². The molecule has 0 aliphatic heterocycles. The van der Waals surface area contributed by atoms with Gasteiger partial charge in [-0.2, -0.15) is 0 Å². The highest BCUT2D eigenvalue weighted by atomic mass is 79.9. The van der Waals surface area contributed by atoms with E-state index in [1.165, 1.54) is 18.2 Å². The molecule has 20 heavy (non-hydrogen) atoms. The van der Waals surface area contributed by atoms with Gasteiger partial charge in [0.15, 0.2) is 0 Å². The number of halogens is 2. The Morgan fingerprint density at radius 2 is 1.95 bits per heavy atom. The predicted octanol–water partition coefficient (Wildman–Crippen LogP) is 4.39. The third kappa shape index (κ3) is 3.25. The summed E-state index contributed by atoms with van der Waals surface area (Å²) in [6.07, 6.45) is 0. The van der Waals surface area contributed by atoms with Gasteiger partial charge in [0.25, 0.3) is 5.91 Å². The molecule has 0 bridgehead atoms. The first-order valence-electron chi connectivity index (χ1n) is 6.30. The average molecular weight is 336 g/mol. The van der Waals surface area contributed by atoms with Crippen molar-refractivity contribution >= 4 is 21.8 Å². The first-order valence-corrected chi connectivity index (χ1v) is 7.10. The van der Waals surface area contributed by atoms with Crippen LogP contribution in [0.4, 0.5) is 4.39 Å². The number of hydrogen-bond donors (Lipinski definition) is 1. The van der Waals surface area contributed by atoms with Gasteiger partial charge in [-0.25, -0.2) is 4.39 Å². The summed E-state index contributed by atoms with van der Waals surface area (Å²) in [6.45, 7) is 3.64. The quantitative estimate of drug-likeness (QED) is 0.885. The minimum absolute atomic E-state index is 0.137. The van der Waals surface area contributed by atoms with Crippen molar-refractivity contribution in [1.29, 1.82) is 0 Å². The minimum Gasteiger partial charge on any atom is -0.345 e. The van der Waals surface area contributed by atoms with Gasteiger partial charge in [-0.05, 0) is 49.2 Å². The molecule has 2 aromatic rings. The Bertz CT molecular complexity index is 642. The van der Waals surface area contributed by atoms with Gasteiger partial charge in [0, 0.05) is 10.0 Å². The normalized spacial score (nSPS) is 12.0. The van der Waals surface area contributed by atoms with Crippen LogP contribution in [-0.4, -0.2) is 5.91 Å². The second-order valence-electron chi connectivity index (χ2n) is 4.68. The predicted molar refractivity (Wildman–Crippen MR) is 81.2 cm³/mol. The van der Waals surface area contributed by atoms with Crippen LogP contribution in [0.25, 0.3) is 0 Å². The Kier molecular flexibility index (Phi) is 4.55. The minimum atomic E-state index is -0.335. The van der Waals surface area contributed by atoms with Crippen molar-refractivity contribution in [3.63, 3.8) is 0 Å². The Hall–Kier alpha value is -1.68. The van der Waals surface area contributed by atoms with Gasteiger partial charge in [-0.1, -0.05) is 34.1 Å². The zero-order chi connectivity index (χ0) is 14.7. The van der Waals surface area contributed by atoms with Gasteiger partial charge in [0.1, 0.15) is 5.82 Å². The van der Waals surface area contributed by atoms with E-state index < -0.39 is 0 Å². The molecule has 0 radical (unpaired) electrons. The molecule has 0 spiro atoms. The topological polar surface area (TPSA) is 29.1 Å². The maximum atomic E-state index is 13.1. The van der Waals surface area contributed by atoms with E-state index in [9.17, 15) is 9.18 Å². The molecule has 1 atom stereocenters. The second-order valence-corrected chi connectivity index (χ2v) is 5.53. The van der Waals surface area contributed by atoms with E-state index in [0.29, 0.717) is 11.1 Å². The number of carbonyl (C=O) groups is 1. The van der Waals surface area contributed by atoms with E-state index in [1.54, 1.807) is 6.92 Å². The second kappa shape index (κ2) is 6.18. The van der Waals surface area contributed by atoms with Crippen molar-refractivity contribution in [3.8, 4) is 0 Å². The molecular weight excluding hydrogens is 321 g/mol. The first-order chi connectivity index (χ1) is 9.49. The molecule has 0 heterocycles. The molecule has 0 saturated carbocycles. The third-order valence-corrected chi connectivity index (χ3v) is 3.87. The fourth-order valence-electron chi connectivity index (χ4n) is 2.06. The van der Waals surface area contributed by atoms with E-state index in [0.717, 1.165) is 10.0 Å². The van der Waals surface area contributed by atoms with Gasteiger partial charge in [-0.3, -0.25) is 4.79 Å². The van der Waals surface area contributed by atoms with E-state index in [1.807, 2.05) is 31.2 Å². The summed E-state index contributed by atoms with van der Waals surface area (Å²) >= 11 is 3.47. The Balaban J connectivity index is 2.17. The lowest BCUT2D eigenvalue weighted by molar-refractivity contribution is 0.0939. The molecular formula is C16H15BrFNO. The van der Waals surface area contributed by atoms with Crippen molar-refractivity contribution in [3.05, 3.63) is 69.4 Å². The van der Waals surface area contributed by atoms with Crippen LogP contribution in [0, 0.1) is 12.7 Å². The van der Waals surface area contributed by atoms with Gasteiger partial charge in [-0.15, -0.1) is 0 Å². The third-order valence-electron chi connectivity index (χ3n) is 3.15. The summed E-state index contributed by atoms with van der Waals surface area (Å²) in [5.41, 5.74) is 2.12. The summed E-state index contributed by atoms with van der Waals surface area (Å²) in [4.78, 5) is 12.2. The lowest BCUT2D eigenvalue weighted by Crippen LogP contribution is -2.27. The monoisotopic (exact) mass is 335 g/mol. The Labute approximate surface area is 126 Å². The zero-order valence-corrected chi connectivity index (χ0v) is 12.9. The number of hydrogen-bond acceptors (Lipinski definition) is 1. The van der Waals surface area contributed by atoms with Gasteiger partial charge >= 0.3 is 0 Å². The number of nitrogens with one attached hydrogen (secondary N) is 1. The standard InChI is InChI=1S/C16H15BrFNO/c1-10-9-12(18)7-8-13(10)16(20)19-11(2)14-5-3-4-6-15(14)17/h3-9,11H,1-2H3,(H,19,20). The average Bonchev–Trinajstić information content (AvgIpc) is 2.38. The highest BCUT2D eigenvalue weighted by Crippen LogP contribution is 2.23. The molecule has 0 aliphatic rings. The molecule has 0 aliphatic carbocycles. The van der Waals surface area contributed by atoms with Gasteiger partial charge in [0.2, 0.25) is 0 Å². The molecule has 2 aromatic carbocycles. The van der Waals surface area contributed by atoms with Crippen LogP contribution in [0.15, 0.2) is 46.9 Å². The molecule has 1 amide bonds. The molecule has 1 unspecified atom stereocenters. The van der Waals surface area contributed by atoms with Crippen molar-refractivity contribution < 1.29 is 9.18 Å². The molecule has 1 N–H and O–H groups in total. The summed E-state index contributed by atoms with van der Waals surface area (Å²) in [7, 11) is 0. The number of amides is 1. The summed E-state index contributed by atoms with van der Waals surface area (Å²) in [6, 6.07) is 11.8. The Morgan fingerprint density at radius 1 is 1.25 bits per heavy atom. The van der Waals surface area contributed by atoms with Crippen LogP contribution in [0.3, 0.4) is 0 Å². The van der Waals surface area contributed by atoms with Crippen LogP contribution < -0.4 is 5.32 Å². The van der Waals surface area contributed by atoms with Gasteiger partial charge < -0.3 is 5.32 Å². The molecule has 2 nitrogen and oxygen atoms in total. The van der Waals surface area contributed by atoms with Crippen LogP contribution in [-0.2, 0) is 0 Å². The fourth-order valence-corrected chi connectivity index (χ4v) is 2.69. The van der Waals surface area contributed by atoms with E-state index in [2.05, 4.69) is 21.2 Å². The lowest BCUT2D eigenvalue weighted by atomic mass is 10.1. The number of aryl methyl sites for hydroxylation is 1. The van der Waals surface area contributed by atoms with Crippen molar-refractivity contribution in [2.45, 2.75) is 19.9 Å². The first kappa shape index (κ1) is 14.7. The molecule has 0 aromatic heterocycles. The summed E-state index contributed by atoms with van der Waals surface area (Å²) in [5.74, 6) is -0.538. The highest BCUT2D eigenvalue weighted by molar-refractivity contribution is 9.10. The van der Waals surface area contributed by atoms with Crippen molar-refractivity contribution in [2.75, 3.05) is 0 Å². The molecule has 104 valence electrons. The Morgan fingerprint density at radius 3 is 2.60 bits per heavy atom. The summed E-state index contributed by atoms with van der Waals surface area (Å²) < 4.78 is 14.0. The van der Waals surface area contributed by atoms with Crippen molar-refractivity contribution in [2.24, 2.45) is 0 Å². The smallest absolute Gasteiger partial charge is 0.252 e. The maximum Gasteiger partial charge on any atom is 0.252 e. The van der Waals surface area contributed by atoms with Crippen LogP contribution in [0.2, 0.25) is 0 Å². The maximum absolute atomic E-state index is 13.1. The number of rotatable bonds is 3. The van der Waals surface area contributed by atoms with Crippen molar-refractivity contribution in [1.82, 2.24) is 5.32 Å². The molecule has 0 saturated heterocycles. The molecule has 0 fully saturated rings. The van der Waals surface area contributed by atoms with E-state index in [4.69, 9.17) is 0 Å². The molecule has 2 rings (SSSR count). The van der Waals surface area contributed by atoms with Gasteiger partial charge in [0.05, 0.1) is 6.04 Å². The van der Waals surface area contributed by atoms with E-state index >= 15 is 0 Å². The zero-order valence-electron chi connectivity index (χ0n) is 11.3. The SMILES string of the molecule is Cc1cc(F)ccc1C(=O)NC(C)c1ccccc1Br. The summed E-state index contributed by atoms with van der Waals surface area (Å²) in [5, 5.41) is 2.92. The fraction of sp³-hybridized carbons (Fsp3) is 0.188. The molecule has 4 heteroatoms. The van der Waals surface area contributed by atoms with Crippen LogP contribution >= 0.6 is 15.9 Å². The number of benzene rings is 2. The van der Waals surface area contributed by atoms with Crippen LogP contribution in [0.1, 0.15) is 34.5 Å².